The number of nitrogens with zero attached hydrogens (tertiary/aromatic N) is 2. The Morgan fingerprint density at radius 2 is 2.43 bits per heavy atom. The number of rotatable bonds is 6. The van der Waals surface area contributed by atoms with Crippen molar-refractivity contribution in [3.8, 4) is 0 Å². The molecule has 14 heavy (non-hydrogen) atoms. The van der Waals surface area contributed by atoms with Gasteiger partial charge in [0.2, 0.25) is 0 Å². The highest BCUT2D eigenvalue weighted by Gasteiger charge is 2.08. The molecule has 80 valence electrons. The molecule has 1 heterocycles. The number of hydrogen-bond donors (Lipinski definition) is 1. The summed E-state index contributed by atoms with van der Waals surface area (Å²) in [6, 6.07) is 0.445. The summed E-state index contributed by atoms with van der Waals surface area (Å²) < 4.78 is 7.25. The van der Waals surface area contributed by atoms with Gasteiger partial charge < -0.3 is 14.6 Å². The zero-order valence-corrected chi connectivity index (χ0v) is 9.16. The molecule has 0 aliphatic heterocycles. The Labute approximate surface area is 85.3 Å². The topological polar surface area (TPSA) is 39.1 Å². The molecule has 1 N–H and O–H groups in total. The lowest BCUT2D eigenvalue weighted by atomic mass is 10.2. The first kappa shape index (κ1) is 11.2. The Bertz CT molecular complexity index is 260. The molecule has 0 aliphatic rings. The first-order chi connectivity index (χ1) is 6.79. The zero-order valence-electron chi connectivity index (χ0n) is 9.16. The smallest absolute Gasteiger partial charge is 0.0951 e. The summed E-state index contributed by atoms with van der Waals surface area (Å²) in [7, 11) is 3.67. The van der Waals surface area contributed by atoms with E-state index in [4.69, 9.17) is 4.74 Å². The van der Waals surface area contributed by atoms with Crippen LogP contribution in [0.2, 0.25) is 0 Å². The molecule has 1 aromatic rings. The second kappa shape index (κ2) is 5.78. The summed E-state index contributed by atoms with van der Waals surface area (Å²) in [6.07, 6.45) is 4.80. The summed E-state index contributed by atoms with van der Waals surface area (Å²) in [5.74, 6) is 0. The largest absolute Gasteiger partial charge is 0.385 e. The number of aromatic nitrogens is 2. The second-order valence-electron chi connectivity index (χ2n) is 3.45. The van der Waals surface area contributed by atoms with E-state index in [0.29, 0.717) is 6.04 Å². The molecule has 4 nitrogen and oxygen atoms in total. The normalized spacial score (nSPS) is 13.1. The highest BCUT2D eigenvalue weighted by Crippen LogP contribution is 2.13. The maximum Gasteiger partial charge on any atom is 0.0951 e. The Kier molecular flexibility index (Phi) is 4.62. The van der Waals surface area contributed by atoms with Gasteiger partial charge in [-0.15, -0.1) is 0 Å². The molecular formula is C10H19N3O. The highest BCUT2D eigenvalue weighted by atomic mass is 16.5. The van der Waals surface area contributed by atoms with Gasteiger partial charge in [0.05, 0.1) is 12.0 Å². The van der Waals surface area contributed by atoms with Gasteiger partial charge in [0.25, 0.3) is 0 Å². The van der Waals surface area contributed by atoms with Gasteiger partial charge in [-0.2, -0.15) is 0 Å². The van der Waals surface area contributed by atoms with Crippen LogP contribution in [0, 0.1) is 0 Å². The Balaban J connectivity index is 2.58. The van der Waals surface area contributed by atoms with Crippen LogP contribution in [-0.2, 0) is 11.3 Å². The lowest BCUT2D eigenvalue weighted by Gasteiger charge is -2.15. The Morgan fingerprint density at radius 3 is 3.07 bits per heavy atom. The van der Waals surface area contributed by atoms with Crippen LogP contribution in [0.5, 0.6) is 0 Å². The first-order valence-corrected chi connectivity index (χ1v) is 4.93. The summed E-state index contributed by atoms with van der Waals surface area (Å²) in [5, 5.41) is 3.13. The van der Waals surface area contributed by atoms with Gasteiger partial charge in [0.1, 0.15) is 0 Å². The lowest BCUT2D eigenvalue weighted by molar-refractivity contribution is 0.180. The minimum atomic E-state index is 0.445. The van der Waals surface area contributed by atoms with Gasteiger partial charge in [0, 0.05) is 32.5 Å². The maximum absolute atomic E-state index is 5.06. The Hall–Kier alpha value is -0.870. The fourth-order valence-corrected chi connectivity index (χ4v) is 1.47. The number of nitrogens with one attached hydrogen (secondary N) is 1. The summed E-state index contributed by atoms with van der Waals surface area (Å²) >= 11 is 0. The Morgan fingerprint density at radius 1 is 1.64 bits per heavy atom. The molecule has 1 aromatic heterocycles. The average molecular weight is 197 g/mol. The molecule has 0 amide bonds. The van der Waals surface area contributed by atoms with E-state index in [2.05, 4.69) is 21.8 Å². The van der Waals surface area contributed by atoms with Crippen molar-refractivity contribution in [2.45, 2.75) is 25.9 Å². The van der Waals surface area contributed by atoms with Crippen LogP contribution in [-0.4, -0.2) is 30.3 Å². The van der Waals surface area contributed by atoms with Crippen molar-refractivity contribution in [2.24, 2.45) is 0 Å². The van der Waals surface area contributed by atoms with Crippen LogP contribution in [0.1, 0.15) is 25.1 Å². The van der Waals surface area contributed by atoms with E-state index < -0.39 is 0 Å². The average Bonchev–Trinajstić information content (AvgIpc) is 2.63. The summed E-state index contributed by atoms with van der Waals surface area (Å²) in [4.78, 5) is 4.15. The molecule has 0 fully saturated rings. The van der Waals surface area contributed by atoms with Crippen LogP contribution >= 0.6 is 0 Å². The van der Waals surface area contributed by atoms with Crippen LogP contribution in [0.3, 0.4) is 0 Å². The first-order valence-electron chi connectivity index (χ1n) is 4.93. The van der Waals surface area contributed by atoms with Gasteiger partial charge in [-0.1, -0.05) is 0 Å². The van der Waals surface area contributed by atoms with Crippen molar-refractivity contribution in [2.75, 3.05) is 20.8 Å². The van der Waals surface area contributed by atoms with Crippen molar-refractivity contribution in [1.82, 2.24) is 14.9 Å². The van der Waals surface area contributed by atoms with Crippen molar-refractivity contribution in [3.63, 3.8) is 0 Å². The van der Waals surface area contributed by atoms with Crippen LogP contribution in [0.4, 0.5) is 0 Å². The summed E-state index contributed by atoms with van der Waals surface area (Å²) in [5.41, 5.74) is 1.22. The number of ether oxygens (including phenoxy) is 1. The molecule has 0 radical (unpaired) electrons. The van der Waals surface area contributed by atoms with Gasteiger partial charge >= 0.3 is 0 Å². The number of hydrogen-bond acceptors (Lipinski definition) is 3. The molecule has 0 aromatic carbocycles. The van der Waals surface area contributed by atoms with Crippen LogP contribution < -0.4 is 5.32 Å². The maximum atomic E-state index is 5.06. The third kappa shape index (κ3) is 2.82. The van der Waals surface area contributed by atoms with Crippen molar-refractivity contribution in [3.05, 3.63) is 18.2 Å². The van der Waals surface area contributed by atoms with Crippen LogP contribution in [0.25, 0.3) is 0 Å². The van der Waals surface area contributed by atoms with Gasteiger partial charge in [-0.3, -0.25) is 0 Å². The van der Waals surface area contributed by atoms with Crippen LogP contribution in [0.15, 0.2) is 12.5 Å². The molecule has 0 spiro atoms. The van der Waals surface area contributed by atoms with E-state index in [1.54, 1.807) is 7.11 Å². The van der Waals surface area contributed by atoms with E-state index in [0.717, 1.165) is 19.6 Å². The molecule has 0 saturated carbocycles. The van der Waals surface area contributed by atoms with E-state index in [1.807, 2.05) is 19.6 Å². The highest BCUT2D eigenvalue weighted by molar-refractivity contribution is 4.99. The third-order valence-electron chi connectivity index (χ3n) is 2.32. The molecule has 0 saturated heterocycles. The van der Waals surface area contributed by atoms with E-state index in [-0.39, 0.29) is 0 Å². The zero-order chi connectivity index (χ0) is 10.4. The molecule has 4 heteroatoms. The minimum Gasteiger partial charge on any atom is -0.385 e. The SMILES string of the molecule is CNCc1cncn1C(C)CCOC. The molecule has 0 bridgehead atoms. The van der Waals surface area contributed by atoms with Crippen molar-refractivity contribution < 1.29 is 4.74 Å². The minimum absolute atomic E-state index is 0.445. The number of imidazole rings is 1. The molecular weight excluding hydrogens is 178 g/mol. The fourth-order valence-electron chi connectivity index (χ4n) is 1.47. The van der Waals surface area contributed by atoms with E-state index in [9.17, 15) is 0 Å². The van der Waals surface area contributed by atoms with E-state index >= 15 is 0 Å². The molecule has 0 aliphatic carbocycles. The fraction of sp³-hybridized carbons (Fsp3) is 0.700. The summed E-state index contributed by atoms with van der Waals surface area (Å²) in [6.45, 7) is 3.83. The third-order valence-corrected chi connectivity index (χ3v) is 2.32. The molecule has 1 rings (SSSR count). The van der Waals surface area contributed by atoms with Gasteiger partial charge in [-0.05, 0) is 20.4 Å². The molecule has 1 unspecified atom stereocenters. The predicted octanol–water partition coefficient (Wildman–Crippen LogP) is 1.20. The second-order valence-corrected chi connectivity index (χ2v) is 3.45. The molecule has 1 atom stereocenters. The quantitative estimate of drug-likeness (QED) is 0.744. The standard InChI is InChI=1S/C10H19N3O/c1-9(4-5-14-3)13-8-12-7-10(13)6-11-2/h7-9,11H,4-6H2,1-3H3. The monoisotopic (exact) mass is 197 g/mol. The van der Waals surface area contributed by atoms with Crippen molar-refractivity contribution >= 4 is 0 Å². The number of methoxy groups -OCH3 is 1. The van der Waals surface area contributed by atoms with Gasteiger partial charge in [0.15, 0.2) is 0 Å². The van der Waals surface area contributed by atoms with Crippen molar-refractivity contribution in [1.29, 1.82) is 0 Å². The predicted molar refractivity (Wildman–Crippen MR) is 56.2 cm³/mol. The lowest BCUT2D eigenvalue weighted by Crippen LogP contribution is -2.14. The van der Waals surface area contributed by atoms with E-state index in [1.165, 1.54) is 5.69 Å². The van der Waals surface area contributed by atoms with Gasteiger partial charge in [-0.25, -0.2) is 4.98 Å².